The van der Waals surface area contributed by atoms with Gasteiger partial charge in [-0.25, -0.2) is 9.97 Å². The van der Waals surface area contributed by atoms with Crippen molar-refractivity contribution in [2.75, 3.05) is 54.2 Å². The van der Waals surface area contributed by atoms with Gasteiger partial charge in [0.15, 0.2) is 5.78 Å². The van der Waals surface area contributed by atoms with E-state index in [0.717, 1.165) is 59.1 Å². The topological polar surface area (TPSA) is 128 Å². The van der Waals surface area contributed by atoms with Crippen LogP contribution >= 0.6 is 47.8 Å². The zero-order valence-electron chi connectivity index (χ0n) is 32.6. The lowest BCUT2D eigenvalue weighted by Crippen LogP contribution is -2.17. The lowest BCUT2D eigenvalue weighted by molar-refractivity contribution is 0.101. The monoisotopic (exact) mass is 956 g/mol. The van der Waals surface area contributed by atoms with Crippen LogP contribution in [0.2, 0.25) is 0 Å². The number of aromatic nitrogens is 3. The molecule has 0 atom stereocenters. The predicted molar refractivity (Wildman–Crippen MR) is 236 cm³/mol. The third-order valence-electron chi connectivity index (χ3n) is 9.15. The molecule has 2 aliphatic rings. The van der Waals surface area contributed by atoms with Gasteiger partial charge in [-0.1, -0.05) is 31.9 Å². The van der Waals surface area contributed by atoms with Crippen LogP contribution < -0.4 is 29.7 Å². The van der Waals surface area contributed by atoms with E-state index in [4.69, 9.17) is 24.9 Å². The molecule has 0 spiro atoms. The maximum absolute atomic E-state index is 11.8. The number of aliphatic hydroxyl groups excluding tert-OH is 1. The van der Waals surface area contributed by atoms with Gasteiger partial charge in [-0.3, -0.25) is 4.79 Å². The van der Waals surface area contributed by atoms with Crippen LogP contribution in [0.4, 0.5) is 17.2 Å². The fourth-order valence-corrected chi connectivity index (χ4v) is 7.76. The molecule has 0 saturated carbocycles. The Hall–Kier alpha value is -3.85. The number of Topliss-reactive ketones (excluding diaryl/α,β-unsaturated/α-hetero) is 1. The highest BCUT2D eigenvalue weighted by Crippen LogP contribution is 2.39. The van der Waals surface area contributed by atoms with Crippen molar-refractivity contribution in [3.63, 3.8) is 0 Å². The summed E-state index contributed by atoms with van der Waals surface area (Å²) in [6.07, 6.45) is 11.1. The number of alkyl halides is 1. The second-order valence-corrected chi connectivity index (χ2v) is 16.3. The molecule has 2 fully saturated rings. The van der Waals surface area contributed by atoms with Crippen LogP contribution in [-0.2, 0) is 6.61 Å². The quantitative estimate of drug-likeness (QED) is 0.0976. The lowest BCUT2D eigenvalue weighted by Gasteiger charge is -2.17. The molecule has 56 heavy (non-hydrogen) atoms. The number of pyridine rings is 2. The van der Waals surface area contributed by atoms with Crippen molar-refractivity contribution in [1.29, 1.82) is 0 Å². The summed E-state index contributed by atoms with van der Waals surface area (Å²) in [5.74, 6) is 2.59. The Morgan fingerprint density at radius 3 is 2.04 bits per heavy atom. The average molecular weight is 960 g/mol. The largest absolute Gasteiger partial charge is 0.495 e. The minimum atomic E-state index is -0.0994. The number of methoxy groups -OCH3 is 1. The SMILES string of the molecule is CC(C)Oc1cc(CO)c(Br)cc1C(=O)CBr.COc1cc(OC(C)C)c(-c2cn3ccc(N4CCCC4)cc3n2)cc1Br.Nc1cc(N2CCCC2)ccn1. The summed E-state index contributed by atoms with van der Waals surface area (Å²) in [6.45, 7) is 12.3. The van der Waals surface area contributed by atoms with Crippen LogP contribution in [0.5, 0.6) is 17.2 Å². The molecule has 7 rings (SSSR count). The summed E-state index contributed by atoms with van der Waals surface area (Å²) < 4.78 is 20.7. The van der Waals surface area contributed by atoms with Crippen LogP contribution in [0.3, 0.4) is 0 Å². The van der Waals surface area contributed by atoms with E-state index < -0.39 is 0 Å². The molecule has 0 bridgehead atoms. The minimum Gasteiger partial charge on any atom is -0.495 e. The number of carbonyl (C=O) groups excluding carboxylic acids is 1. The number of carbonyl (C=O) groups is 1. The molecule has 2 saturated heterocycles. The van der Waals surface area contributed by atoms with Gasteiger partial charge in [-0.05, 0) is 105 Å². The maximum Gasteiger partial charge on any atom is 0.177 e. The van der Waals surface area contributed by atoms with E-state index in [-0.39, 0.29) is 29.9 Å². The summed E-state index contributed by atoms with van der Waals surface area (Å²) in [7, 11) is 1.66. The molecule has 5 aromatic rings. The lowest BCUT2D eigenvalue weighted by atomic mass is 10.1. The summed E-state index contributed by atoms with van der Waals surface area (Å²) >= 11 is 10.0. The zero-order valence-corrected chi connectivity index (χ0v) is 37.4. The number of hydrogen-bond donors (Lipinski definition) is 2. The Labute approximate surface area is 354 Å². The van der Waals surface area contributed by atoms with Gasteiger partial charge in [0.25, 0.3) is 0 Å². The number of ether oxygens (including phenoxy) is 3. The average Bonchev–Trinajstić information content (AvgIpc) is 3.99. The van der Waals surface area contributed by atoms with Gasteiger partial charge >= 0.3 is 0 Å². The molecule has 300 valence electrons. The second-order valence-electron chi connectivity index (χ2n) is 14.1. The molecule has 14 heteroatoms. The van der Waals surface area contributed by atoms with E-state index in [1.165, 1.54) is 37.1 Å². The first kappa shape index (κ1) is 43.3. The van der Waals surface area contributed by atoms with Crippen LogP contribution in [0.25, 0.3) is 16.9 Å². The first-order chi connectivity index (χ1) is 26.9. The number of aliphatic hydroxyl groups is 1. The number of halogens is 3. The summed E-state index contributed by atoms with van der Waals surface area (Å²) in [4.78, 5) is 25.4. The normalized spacial score (nSPS) is 13.8. The van der Waals surface area contributed by atoms with E-state index in [1.807, 2.05) is 58.2 Å². The van der Waals surface area contributed by atoms with Gasteiger partial charge < -0.3 is 39.3 Å². The first-order valence-corrected chi connectivity index (χ1v) is 21.5. The van der Waals surface area contributed by atoms with Crippen molar-refractivity contribution < 1.29 is 24.1 Å². The summed E-state index contributed by atoms with van der Waals surface area (Å²) in [6, 6.07) is 15.6. The number of nitrogens with zero attached hydrogens (tertiary/aromatic N) is 5. The number of anilines is 3. The molecule has 0 aliphatic carbocycles. The number of nitrogens with two attached hydrogens (primary N) is 1. The van der Waals surface area contributed by atoms with E-state index >= 15 is 0 Å². The van der Waals surface area contributed by atoms with Crippen molar-refractivity contribution in [3.05, 3.63) is 87.2 Å². The molecule has 5 heterocycles. The van der Waals surface area contributed by atoms with E-state index in [9.17, 15) is 9.90 Å². The molecule has 11 nitrogen and oxygen atoms in total. The number of ketones is 1. The van der Waals surface area contributed by atoms with Crippen LogP contribution in [0.1, 0.15) is 69.3 Å². The number of fused-ring (bicyclic) bond motifs is 1. The van der Waals surface area contributed by atoms with E-state index in [1.54, 1.807) is 25.4 Å². The fourth-order valence-electron chi connectivity index (χ4n) is 6.48. The van der Waals surface area contributed by atoms with E-state index in [0.29, 0.717) is 27.2 Å². The Morgan fingerprint density at radius 2 is 1.46 bits per heavy atom. The fraction of sp³-hybridized carbons (Fsp3) is 0.405. The first-order valence-electron chi connectivity index (χ1n) is 18.8. The molecule has 0 unspecified atom stereocenters. The minimum absolute atomic E-state index is 0.0235. The van der Waals surface area contributed by atoms with Crippen molar-refractivity contribution in [3.8, 4) is 28.5 Å². The second kappa shape index (κ2) is 20.5. The molecule has 3 N–H and O–H groups in total. The summed E-state index contributed by atoms with van der Waals surface area (Å²) in [5.41, 5.74) is 12.0. The van der Waals surface area contributed by atoms with Gasteiger partial charge in [0.1, 0.15) is 28.7 Å². The third-order valence-corrected chi connectivity index (χ3v) is 11.0. The molecule has 0 amide bonds. The smallest absolute Gasteiger partial charge is 0.177 e. The number of benzene rings is 2. The Morgan fingerprint density at radius 1 is 0.839 bits per heavy atom. The molecule has 3 aromatic heterocycles. The van der Waals surface area contributed by atoms with Gasteiger partial charge in [-0.15, -0.1) is 0 Å². The van der Waals surface area contributed by atoms with Gasteiger partial charge in [0.05, 0.1) is 47.0 Å². The maximum atomic E-state index is 11.8. The van der Waals surface area contributed by atoms with Crippen molar-refractivity contribution >= 4 is 76.4 Å². The number of imidazole rings is 1. The van der Waals surface area contributed by atoms with Crippen LogP contribution in [0, 0.1) is 0 Å². The number of hydrogen-bond acceptors (Lipinski definition) is 10. The van der Waals surface area contributed by atoms with Gasteiger partial charge in [0.2, 0.25) is 0 Å². The zero-order chi connectivity index (χ0) is 40.4. The van der Waals surface area contributed by atoms with Crippen LogP contribution in [0.15, 0.2) is 76.1 Å². The van der Waals surface area contributed by atoms with E-state index in [2.05, 4.69) is 85.3 Å². The Kier molecular flexibility index (Phi) is 15.9. The molecule has 2 aromatic carbocycles. The summed E-state index contributed by atoms with van der Waals surface area (Å²) in [5, 5.41) is 9.43. The third kappa shape index (κ3) is 11.4. The highest BCUT2D eigenvalue weighted by Gasteiger charge is 2.19. The molecule has 0 radical (unpaired) electrons. The van der Waals surface area contributed by atoms with Gasteiger partial charge in [0, 0.05) is 84.4 Å². The van der Waals surface area contributed by atoms with Gasteiger partial charge in [-0.2, -0.15) is 0 Å². The van der Waals surface area contributed by atoms with Crippen molar-refractivity contribution in [2.45, 2.75) is 72.2 Å². The molecule has 2 aliphatic heterocycles. The molecular weight excluding hydrogens is 908 g/mol. The highest BCUT2D eigenvalue weighted by molar-refractivity contribution is 9.11. The van der Waals surface area contributed by atoms with Crippen molar-refractivity contribution in [1.82, 2.24) is 14.4 Å². The standard InChI is InChI=1S/C21H24BrN3O2.C12H14Br2O3.C9H13N3/c1-14(2)27-19-12-20(26-3)17(22)11-16(19)18-13-25-9-6-15(10-21(25)23-18)24-7-4-5-8-24;1-7(2)17-12-3-8(6-15)10(14)4-9(12)11(16)5-13;10-9-7-8(3-4-11-9)12-5-1-2-6-12/h6,9-14H,4-5,7-8H2,1-3H3;3-4,7,15H,5-6H2,1-2H3;3-4,7H,1-2,5-6H2,(H2,10,11). The predicted octanol–water partition coefficient (Wildman–Crippen LogP) is 9.73. The Bertz CT molecular complexity index is 2080. The van der Waals surface area contributed by atoms with Crippen LogP contribution in [-0.4, -0.2) is 76.1 Å². The number of nitrogen functional groups attached to an aromatic ring is 1. The number of rotatable bonds is 11. The highest BCUT2D eigenvalue weighted by atomic mass is 79.9. The van der Waals surface area contributed by atoms with Crippen molar-refractivity contribution in [2.24, 2.45) is 0 Å². The molecular formula is C42H51Br3N6O5. The Balaban J connectivity index is 0.000000177.